The van der Waals surface area contributed by atoms with Gasteiger partial charge in [-0.1, -0.05) is 6.07 Å². The van der Waals surface area contributed by atoms with Crippen molar-refractivity contribution >= 4 is 31.9 Å². The van der Waals surface area contributed by atoms with Crippen LogP contribution >= 0.6 is 0 Å². The van der Waals surface area contributed by atoms with Gasteiger partial charge in [0.05, 0.1) is 9.79 Å². The van der Waals surface area contributed by atoms with Crippen molar-refractivity contribution in [3.8, 4) is 0 Å². The van der Waals surface area contributed by atoms with Gasteiger partial charge in [-0.05, 0) is 49.5 Å². The summed E-state index contributed by atoms with van der Waals surface area (Å²) >= 11 is 0. The standard InChI is InChI=1S/C17H20N4O6S2/c1-18-28(24,25)14-9-7-12(8-10-14)16(22)19-20-17(23)13-5-4-6-15(11-13)29(26,27)21(2)3/h4-11,18H,1-3H3,(H,19,22)(H,20,23). The van der Waals surface area contributed by atoms with Crippen molar-refractivity contribution in [2.45, 2.75) is 9.79 Å². The van der Waals surface area contributed by atoms with E-state index < -0.39 is 31.9 Å². The zero-order valence-electron chi connectivity index (χ0n) is 15.8. The van der Waals surface area contributed by atoms with E-state index in [1.54, 1.807) is 0 Å². The maximum absolute atomic E-state index is 12.2. The number of nitrogens with one attached hydrogen (secondary N) is 3. The maximum atomic E-state index is 12.2. The van der Waals surface area contributed by atoms with Gasteiger partial charge in [-0.25, -0.2) is 25.9 Å². The van der Waals surface area contributed by atoms with Crippen LogP contribution in [0.15, 0.2) is 58.3 Å². The van der Waals surface area contributed by atoms with Crippen LogP contribution in [0.3, 0.4) is 0 Å². The lowest BCUT2D eigenvalue weighted by Crippen LogP contribution is -2.41. The van der Waals surface area contributed by atoms with Crippen LogP contribution in [0.1, 0.15) is 20.7 Å². The van der Waals surface area contributed by atoms with Gasteiger partial charge >= 0.3 is 0 Å². The van der Waals surface area contributed by atoms with Crippen LogP contribution in [0.4, 0.5) is 0 Å². The van der Waals surface area contributed by atoms with Crippen molar-refractivity contribution in [1.29, 1.82) is 0 Å². The van der Waals surface area contributed by atoms with Crippen LogP contribution in [0.2, 0.25) is 0 Å². The zero-order valence-corrected chi connectivity index (χ0v) is 17.5. The van der Waals surface area contributed by atoms with Gasteiger partial charge in [0.15, 0.2) is 0 Å². The molecule has 2 rings (SSSR count). The second-order valence-electron chi connectivity index (χ2n) is 5.96. The summed E-state index contributed by atoms with van der Waals surface area (Å²) in [6, 6.07) is 10.4. The lowest BCUT2D eigenvalue weighted by atomic mass is 10.2. The second kappa shape index (κ2) is 8.69. The van der Waals surface area contributed by atoms with E-state index in [2.05, 4.69) is 15.6 Å². The number of sulfonamides is 2. The molecule has 10 nitrogen and oxygen atoms in total. The highest BCUT2D eigenvalue weighted by atomic mass is 32.2. The minimum absolute atomic E-state index is 0.0143. The number of amides is 2. The highest BCUT2D eigenvalue weighted by Crippen LogP contribution is 2.15. The molecule has 0 aliphatic carbocycles. The monoisotopic (exact) mass is 440 g/mol. The molecule has 2 aromatic rings. The van der Waals surface area contributed by atoms with E-state index in [1.165, 1.54) is 69.7 Å². The quantitative estimate of drug-likeness (QED) is 0.537. The number of carbonyl (C=O) groups is 2. The van der Waals surface area contributed by atoms with Crippen LogP contribution < -0.4 is 15.6 Å². The average Bonchev–Trinajstić information content (AvgIpc) is 2.71. The number of hydrazine groups is 1. The molecule has 2 aromatic carbocycles. The molecule has 0 heterocycles. The molecule has 29 heavy (non-hydrogen) atoms. The third-order valence-corrected chi connectivity index (χ3v) is 7.10. The summed E-state index contributed by atoms with van der Waals surface area (Å²) in [4.78, 5) is 24.3. The minimum Gasteiger partial charge on any atom is -0.267 e. The van der Waals surface area contributed by atoms with Gasteiger partial charge in [0, 0.05) is 25.2 Å². The molecular weight excluding hydrogens is 420 g/mol. The number of carbonyl (C=O) groups excluding carboxylic acids is 2. The SMILES string of the molecule is CNS(=O)(=O)c1ccc(C(=O)NNC(=O)c2cccc(S(=O)(=O)N(C)C)c2)cc1. The Kier molecular flexibility index (Phi) is 6.74. The van der Waals surface area contributed by atoms with Crippen LogP contribution in [-0.2, 0) is 20.0 Å². The summed E-state index contributed by atoms with van der Waals surface area (Å²) in [5.74, 6) is -1.40. The van der Waals surface area contributed by atoms with E-state index in [-0.39, 0.29) is 20.9 Å². The van der Waals surface area contributed by atoms with E-state index in [0.29, 0.717) is 0 Å². The summed E-state index contributed by atoms with van der Waals surface area (Å²) in [7, 11) is -3.33. The first kappa shape index (κ1) is 22.5. The van der Waals surface area contributed by atoms with Crippen LogP contribution in [-0.4, -0.2) is 54.1 Å². The molecule has 0 bridgehead atoms. The first-order chi connectivity index (χ1) is 13.5. The van der Waals surface area contributed by atoms with Crippen molar-refractivity contribution in [3.05, 3.63) is 59.7 Å². The fourth-order valence-electron chi connectivity index (χ4n) is 2.17. The van der Waals surface area contributed by atoms with E-state index in [4.69, 9.17) is 0 Å². The van der Waals surface area contributed by atoms with E-state index in [1.807, 2.05) is 0 Å². The largest absolute Gasteiger partial charge is 0.269 e. The minimum atomic E-state index is -3.71. The maximum Gasteiger partial charge on any atom is 0.269 e. The lowest BCUT2D eigenvalue weighted by Gasteiger charge is -2.12. The first-order valence-corrected chi connectivity index (χ1v) is 11.1. The molecule has 0 unspecified atom stereocenters. The fraction of sp³-hybridized carbons (Fsp3) is 0.176. The molecule has 3 N–H and O–H groups in total. The Hall–Kier alpha value is -2.80. The van der Waals surface area contributed by atoms with Crippen molar-refractivity contribution < 1.29 is 26.4 Å². The first-order valence-electron chi connectivity index (χ1n) is 8.16. The normalized spacial score (nSPS) is 11.9. The summed E-state index contributed by atoms with van der Waals surface area (Å²) in [5.41, 5.74) is 4.52. The van der Waals surface area contributed by atoms with Crippen LogP contribution in [0.5, 0.6) is 0 Å². The van der Waals surface area contributed by atoms with Crippen LogP contribution in [0, 0.1) is 0 Å². The third-order valence-electron chi connectivity index (χ3n) is 3.86. The van der Waals surface area contributed by atoms with Crippen LogP contribution in [0.25, 0.3) is 0 Å². The second-order valence-corrected chi connectivity index (χ2v) is 9.99. The van der Waals surface area contributed by atoms with Gasteiger partial charge in [-0.2, -0.15) is 0 Å². The molecule has 0 radical (unpaired) electrons. The predicted octanol–water partition coefficient (Wildman–Crippen LogP) is -0.0802. The number of nitrogens with zero attached hydrogens (tertiary/aromatic N) is 1. The van der Waals surface area contributed by atoms with Crippen molar-refractivity contribution in [1.82, 2.24) is 19.9 Å². The van der Waals surface area contributed by atoms with Gasteiger partial charge in [-0.3, -0.25) is 20.4 Å². The Morgan fingerprint density at radius 2 is 1.34 bits per heavy atom. The van der Waals surface area contributed by atoms with Crippen molar-refractivity contribution in [3.63, 3.8) is 0 Å². The Morgan fingerprint density at radius 3 is 1.86 bits per heavy atom. The van der Waals surface area contributed by atoms with Gasteiger partial charge in [0.25, 0.3) is 11.8 Å². The Morgan fingerprint density at radius 1 is 0.793 bits per heavy atom. The number of hydrogen-bond donors (Lipinski definition) is 3. The molecular formula is C17H20N4O6S2. The van der Waals surface area contributed by atoms with E-state index >= 15 is 0 Å². The molecule has 0 aromatic heterocycles. The molecule has 0 fully saturated rings. The van der Waals surface area contributed by atoms with Crippen molar-refractivity contribution in [2.24, 2.45) is 0 Å². The number of hydrogen-bond acceptors (Lipinski definition) is 6. The highest BCUT2D eigenvalue weighted by Gasteiger charge is 2.19. The zero-order chi connectivity index (χ0) is 21.8. The number of benzene rings is 2. The molecule has 0 aliphatic rings. The molecule has 0 saturated carbocycles. The summed E-state index contributed by atoms with van der Waals surface area (Å²) in [6.07, 6.45) is 0. The smallest absolute Gasteiger partial charge is 0.267 e. The Balaban J connectivity index is 2.09. The molecule has 0 atom stereocenters. The molecule has 0 spiro atoms. The van der Waals surface area contributed by atoms with Crippen molar-refractivity contribution in [2.75, 3.05) is 21.1 Å². The summed E-state index contributed by atoms with van der Waals surface area (Å²) in [6.45, 7) is 0. The topological polar surface area (TPSA) is 142 Å². The number of rotatable bonds is 6. The molecule has 156 valence electrons. The predicted molar refractivity (Wildman–Crippen MR) is 105 cm³/mol. The molecule has 0 saturated heterocycles. The van der Waals surface area contributed by atoms with Gasteiger partial charge in [0.2, 0.25) is 20.0 Å². The summed E-state index contributed by atoms with van der Waals surface area (Å²) in [5, 5.41) is 0. The highest BCUT2D eigenvalue weighted by molar-refractivity contribution is 7.89. The average molecular weight is 441 g/mol. The lowest BCUT2D eigenvalue weighted by molar-refractivity contribution is 0.0846. The summed E-state index contributed by atoms with van der Waals surface area (Å²) < 4.78 is 50.8. The van der Waals surface area contributed by atoms with Gasteiger partial charge in [0.1, 0.15) is 0 Å². The van der Waals surface area contributed by atoms with Gasteiger partial charge in [-0.15, -0.1) is 0 Å². The molecule has 2 amide bonds. The molecule has 12 heteroatoms. The van der Waals surface area contributed by atoms with E-state index in [0.717, 1.165) is 4.31 Å². The third kappa shape index (κ3) is 5.17. The molecule has 0 aliphatic heterocycles. The fourth-order valence-corrected chi connectivity index (χ4v) is 3.85. The Labute approximate surface area is 169 Å². The van der Waals surface area contributed by atoms with Gasteiger partial charge < -0.3 is 0 Å². The van der Waals surface area contributed by atoms with E-state index in [9.17, 15) is 26.4 Å². The Bertz CT molecular complexity index is 1130.